The fraction of sp³-hybridized carbons (Fsp3) is 0.444. The molecule has 0 saturated carbocycles. The molecule has 3 heterocycles. The van der Waals surface area contributed by atoms with Crippen molar-refractivity contribution < 1.29 is 13.2 Å². The number of piperidine rings is 1. The number of nitrogen functional groups attached to an aromatic ring is 1. The molecule has 38 heavy (non-hydrogen) atoms. The number of pyridine rings is 1. The number of ether oxygens (including phenoxy) is 1. The highest BCUT2D eigenvalue weighted by Crippen LogP contribution is 2.39. The van der Waals surface area contributed by atoms with Crippen LogP contribution in [0.15, 0.2) is 47.8 Å². The largest absolute Gasteiger partial charge is 0.493 e. The van der Waals surface area contributed by atoms with Gasteiger partial charge in [-0.2, -0.15) is 4.98 Å². The van der Waals surface area contributed by atoms with Crippen LogP contribution in [0, 0.1) is 0 Å². The molecule has 4 rings (SSSR count). The summed E-state index contributed by atoms with van der Waals surface area (Å²) in [5.41, 5.74) is 8.77. The van der Waals surface area contributed by atoms with Crippen molar-refractivity contribution in [2.24, 2.45) is 0 Å². The molecule has 1 aromatic carbocycles. The van der Waals surface area contributed by atoms with E-state index in [0.717, 1.165) is 37.2 Å². The van der Waals surface area contributed by atoms with E-state index in [2.05, 4.69) is 50.2 Å². The number of nitrogens with two attached hydrogens (primary N) is 1. The summed E-state index contributed by atoms with van der Waals surface area (Å²) in [6.45, 7) is 7.62. The second-order valence-corrected chi connectivity index (χ2v) is 12.3. The maximum atomic E-state index is 13.0. The molecule has 0 radical (unpaired) electrons. The van der Waals surface area contributed by atoms with Crippen molar-refractivity contribution in [2.75, 3.05) is 49.7 Å². The molecule has 0 amide bonds. The van der Waals surface area contributed by atoms with Crippen molar-refractivity contribution in [2.45, 2.75) is 49.9 Å². The molecule has 2 aromatic heterocycles. The van der Waals surface area contributed by atoms with Crippen molar-refractivity contribution in [1.82, 2.24) is 19.9 Å². The first-order valence-electron chi connectivity index (χ1n) is 12.9. The van der Waals surface area contributed by atoms with Gasteiger partial charge in [-0.25, -0.2) is 18.4 Å². The van der Waals surface area contributed by atoms with E-state index in [1.807, 2.05) is 19.1 Å². The summed E-state index contributed by atoms with van der Waals surface area (Å²) in [4.78, 5) is 17.5. The van der Waals surface area contributed by atoms with Gasteiger partial charge < -0.3 is 25.6 Å². The van der Waals surface area contributed by atoms with Crippen molar-refractivity contribution in [3.8, 4) is 16.9 Å². The van der Waals surface area contributed by atoms with E-state index >= 15 is 0 Å². The Morgan fingerprint density at radius 2 is 1.89 bits per heavy atom. The summed E-state index contributed by atoms with van der Waals surface area (Å²) in [6.07, 6.45) is 5.29. The topological polar surface area (TPSA) is 127 Å². The van der Waals surface area contributed by atoms with Gasteiger partial charge in [0.05, 0.1) is 17.5 Å². The zero-order valence-corrected chi connectivity index (χ0v) is 23.5. The molecule has 1 fully saturated rings. The van der Waals surface area contributed by atoms with Gasteiger partial charge in [0, 0.05) is 54.4 Å². The number of rotatable bonds is 9. The summed E-state index contributed by atoms with van der Waals surface area (Å²) < 4.78 is 32.0. The lowest BCUT2D eigenvalue weighted by molar-refractivity contribution is 0.249. The first kappa shape index (κ1) is 27.6. The van der Waals surface area contributed by atoms with Gasteiger partial charge in [-0.3, -0.25) is 0 Å². The van der Waals surface area contributed by atoms with Crippen LogP contribution in [0.5, 0.6) is 5.75 Å². The highest BCUT2D eigenvalue weighted by Gasteiger charge is 2.26. The zero-order chi connectivity index (χ0) is 27.4. The lowest BCUT2D eigenvalue weighted by Gasteiger charge is -2.36. The Bertz CT molecular complexity index is 1370. The van der Waals surface area contributed by atoms with Crippen LogP contribution in [0.25, 0.3) is 11.1 Å². The van der Waals surface area contributed by atoms with E-state index in [9.17, 15) is 8.42 Å². The Morgan fingerprint density at radius 3 is 2.55 bits per heavy atom. The predicted molar refractivity (Wildman–Crippen MR) is 152 cm³/mol. The van der Waals surface area contributed by atoms with Crippen LogP contribution in [-0.2, 0) is 9.84 Å². The maximum absolute atomic E-state index is 13.0. The third-order valence-corrected chi connectivity index (χ3v) is 8.94. The minimum absolute atomic E-state index is 0.0420. The Labute approximate surface area is 225 Å². The Hall–Kier alpha value is -3.44. The molecule has 1 saturated heterocycles. The van der Waals surface area contributed by atoms with Crippen LogP contribution in [0.3, 0.4) is 0 Å². The summed E-state index contributed by atoms with van der Waals surface area (Å²) in [5.74, 6) is 1.12. The van der Waals surface area contributed by atoms with E-state index in [1.54, 1.807) is 32.2 Å². The molecule has 3 aromatic rings. The highest BCUT2D eigenvalue weighted by atomic mass is 32.2. The van der Waals surface area contributed by atoms with Gasteiger partial charge in [0.15, 0.2) is 14.9 Å². The van der Waals surface area contributed by atoms with Crippen LogP contribution in [0.4, 0.5) is 23.1 Å². The SMILES string of the molecule is CCOc1cc(N2CCC(N(C)C)CC2)ccc1-c1cnc(N)nc1Nc1cccnc1S(=O)(=O)C(C)C. The van der Waals surface area contributed by atoms with E-state index in [0.29, 0.717) is 35.5 Å². The molecular formula is C27H37N7O3S. The van der Waals surface area contributed by atoms with Crippen molar-refractivity contribution >= 4 is 33.0 Å². The summed E-state index contributed by atoms with van der Waals surface area (Å²) in [5, 5.41) is 2.49. The first-order chi connectivity index (χ1) is 18.1. The predicted octanol–water partition coefficient (Wildman–Crippen LogP) is 3.98. The number of nitrogens with zero attached hydrogens (tertiary/aromatic N) is 5. The highest BCUT2D eigenvalue weighted by molar-refractivity contribution is 7.92. The fourth-order valence-electron chi connectivity index (χ4n) is 4.60. The molecule has 0 bridgehead atoms. The number of aromatic nitrogens is 3. The lowest BCUT2D eigenvalue weighted by atomic mass is 10.0. The van der Waals surface area contributed by atoms with Crippen LogP contribution >= 0.6 is 0 Å². The van der Waals surface area contributed by atoms with Gasteiger partial charge in [-0.05, 0) is 72.0 Å². The summed E-state index contributed by atoms with van der Waals surface area (Å²) in [6, 6.07) is 10.0. The molecule has 1 aliphatic rings. The van der Waals surface area contributed by atoms with Gasteiger partial charge in [0.1, 0.15) is 11.6 Å². The minimum atomic E-state index is -3.64. The number of sulfone groups is 1. The van der Waals surface area contributed by atoms with Crippen molar-refractivity contribution in [3.05, 3.63) is 42.7 Å². The molecule has 0 spiro atoms. The monoisotopic (exact) mass is 539 g/mol. The lowest BCUT2D eigenvalue weighted by Crippen LogP contribution is -2.41. The molecule has 0 unspecified atom stereocenters. The summed E-state index contributed by atoms with van der Waals surface area (Å²) in [7, 11) is 0.627. The second kappa shape index (κ2) is 11.5. The minimum Gasteiger partial charge on any atom is -0.493 e. The fourth-order valence-corrected chi connectivity index (χ4v) is 5.68. The summed E-state index contributed by atoms with van der Waals surface area (Å²) >= 11 is 0. The van der Waals surface area contributed by atoms with Gasteiger partial charge in [0.2, 0.25) is 5.95 Å². The number of nitrogens with one attached hydrogen (secondary N) is 1. The van der Waals surface area contributed by atoms with Crippen LogP contribution in [0.2, 0.25) is 0 Å². The molecule has 0 aliphatic carbocycles. The molecule has 11 heteroatoms. The molecule has 10 nitrogen and oxygen atoms in total. The molecule has 204 valence electrons. The Balaban J connectivity index is 1.72. The van der Waals surface area contributed by atoms with Gasteiger partial charge in [-0.1, -0.05) is 0 Å². The molecule has 0 atom stereocenters. The Kier molecular flexibility index (Phi) is 8.37. The number of anilines is 4. The van der Waals surface area contributed by atoms with Gasteiger partial charge >= 0.3 is 0 Å². The van der Waals surface area contributed by atoms with Gasteiger partial charge in [-0.15, -0.1) is 0 Å². The van der Waals surface area contributed by atoms with E-state index in [-0.39, 0.29) is 11.0 Å². The number of benzene rings is 1. The average Bonchev–Trinajstić information content (AvgIpc) is 2.89. The third-order valence-electron chi connectivity index (χ3n) is 6.84. The van der Waals surface area contributed by atoms with E-state index in [1.165, 1.54) is 6.20 Å². The first-order valence-corrected chi connectivity index (χ1v) is 14.4. The van der Waals surface area contributed by atoms with Crippen LogP contribution in [0.1, 0.15) is 33.6 Å². The number of hydrogen-bond acceptors (Lipinski definition) is 10. The molecular weight excluding hydrogens is 502 g/mol. The molecule has 3 N–H and O–H groups in total. The van der Waals surface area contributed by atoms with Crippen LogP contribution in [-0.4, -0.2) is 73.4 Å². The van der Waals surface area contributed by atoms with E-state index < -0.39 is 15.1 Å². The zero-order valence-electron chi connectivity index (χ0n) is 22.7. The van der Waals surface area contributed by atoms with E-state index in [4.69, 9.17) is 10.5 Å². The Morgan fingerprint density at radius 1 is 1.16 bits per heavy atom. The van der Waals surface area contributed by atoms with Crippen molar-refractivity contribution in [3.63, 3.8) is 0 Å². The smallest absolute Gasteiger partial charge is 0.221 e. The average molecular weight is 540 g/mol. The van der Waals surface area contributed by atoms with Gasteiger partial charge in [0.25, 0.3) is 0 Å². The standard InChI is InChI=1S/C27H37N7O3S/c1-6-37-24-16-20(34-14-11-19(12-15-34)33(4)5)9-10-21(24)22-17-30-27(28)32-25(22)31-23-8-7-13-29-26(23)38(35,36)18(2)3/h7-10,13,16-19H,6,11-12,14-15H2,1-5H3,(H3,28,30,31,32). The maximum Gasteiger partial charge on any atom is 0.221 e. The van der Waals surface area contributed by atoms with Crippen molar-refractivity contribution in [1.29, 1.82) is 0 Å². The normalized spacial score (nSPS) is 14.8. The second-order valence-electron chi connectivity index (χ2n) is 9.86. The molecule has 1 aliphatic heterocycles. The number of hydrogen-bond donors (Lipinski definition) is 2. The third kappa shape index (κ3) is 5.83. The quantitative estimate of drug-likeness (QED) is 0.412. The van der Waals surface area contributed by atoms with Crippen LogP contribution < -0.4 is 20.7 Å².